The minimum atomic E-state index is -0.662. The van der Waals surface area contributed by atoms with Gasteiger partial charge in [-0.1, -0.05) is 314 Å². The summed E-state index contributed by atoms with van der Waals surface area (Å²) in [4.78, 5) is 24.5. The fourth-order valence-corrected chi connectivity index (χ4v) is 10.7. The van der Waals surface area contributed by atoms with E-state index in [1.807, 2.05) is 0 Å². The lowest BCUT2D eigenvalue weighted by molar-refractivity contribution is -0.143. The van der Waals surface area contributed by atoms with Crippen molar-refractivity contribution in [3.8, 4) is 0 Å². The monoisotopic (exact) mass is 1070 g/mol. The Morgan fingerprint density at radius 1 is 0.368 bits per heavy atom. The van der Waals surface area contributed by atoms with E-state index in [4.69, 9.17) is 4.74 Å². The SMILES string of the molecule is CCCCC/C=C\CCCCCCCC(=O)OCCCCCCCCCCC/C=C\C/C=C\CCCCCCCCCCCCCCCCCCCC(=O)NC(CO)C(O)CCCCCCCCCCCCCCCC. The maximum Gasteiger partial charge on any atom is 0.305 e. The Balaban J connectivity index is 3.37. The van der Waals surface area contributed by atoms with Gasteiger partial charge in [-0.05, 0) is 83.5 Å². The number of aliphatic hydroxyl groups excluding tert-OH is 2. The third-order valence-corrected chi connectivity index (χ3v) is 15.9. The second-order valence-corrected chi connectivity index (χ2v) is 23.5. The van der Waals surface area contributed by atoms with Crippen molar-refractivity contribution >= 4 is 11.9 Å². The fourth-order valence-electron chi connectivity index (χ4n) is 10.7. The van der Waals surface area contributed by atoms with Crippen molar-refractivity contribution in [3.63, 3.8) is 0 Å². The quantitative estimate of drug-likeness (QED) is 0.0320. The molecule has 2 unspecified atom stereocenters. The predicted octanol–water partition coefficient (Wildman–Crippen LogP) is 21.9. The van der Waals surface area contributed by atoms with Crippen LogP contribution in [0.25, 0.3) is 0 Å². The molecule has 0 aliphatic rings. The highest BCUT2D eigenvalue weighted by Crippen LogP contribution is 2.18. The van der Waals surface area contributed by atoms with Gasteiger partial charge in [0.05, 0.1) is 25.4 Å². The summed E-state index contributed by atoms with van der Waals surface area (Å²) in [5.74, 6) is -0.0269. The van der Waals surface area contributed by atoms with E-state index in [2.05, 4.69) is 55.6 Å². The molecular weight excluding hydrogens is 935 g/mol. The Morgan fingerprint density at radius 3 is 1.04 bits per heavy atom. The van der Waals surface area contributed by atoms with Crippen molar-refractivity contribution in [2.24, 2.45) is 0 Å². The summed E-state index contributed by atoms with van der Waals surface area (Å²) < 4.78 is 5.47. The molecule has 6 nitrogen and oxygen atoms in total. The maximum atomic E-state index is 12.5. The zero-order chi connectivity index (χ0) is 55.0. The first-order valence-corrected chi connectivity index (χ1v) is 34.2. The highest BCUT2D eigenvalue weighted by atomic mass is 16.5. The molecule has 0 aromatic rings. The third-order valence-electron chi connectivity index (χ3n) is 15.9. The van der Waals surface area contributed by atoms with Gasteiger partial charge in [-0.15, -0.1) is 0 Å². The van der Waals surface area contributed by atoms with Gasteiger partial charge in [-0.2, -0.15) is 0 Å². The van der Waals surface area contributed by atoms with Crippen LogP contribution in [0.2, 0.25) is 0 Å². The minimum Gasteiger partial charge on any atom is -0.466 e. The highest BCUT2D eigenvalue weighted by Gasteiger charge is 2.20. The van der Waals surface area contributed by atoms with Gasteiger partial charge < -0.3 is 20.3 Å². The topological polar surface area (TPSA) is 95.9 Å². The van der Waals surface area contributed by atoms with Crippen molar-refractivity contribution in [2.45, 2.75) is 386 Å². The van der Waals surface area contributed by atoms with Crippen LogP contribution in [0.3, 0.4) is 0 Å². The average Bonchev–Trinajstić information content (AvgIpc) is 3.42. The molecule has 0 radical (unpaired) electrons. The van der Waals surface area contributed by atoms with E-state index in [0.717, 1.165) is 51.4 Å². The lowest BCUT2D eigenvalue weighted by Crippen LogP contribution is -2.45. The standard InChI is InChI=1S/C70H133NO5/c1-3-5-7-9-11-13-15-17-39-42-46-50-54-58-62-68(73)67(66-72)71-69(74)63-59-55-51-47-43-40-37-35-33-31-29-27-25-23-21-19-18-20-22-24-26-28-30-32-34-36-38-41-45-49-53-57-61-65-76-70(75)64-60-56-52-48-44-16-14-12-10-8-6-4-2/h12,14,22,24,28,30,67-68,72-73H,3-11,13,15-21,23,25-27,29,31-66H2,1-2H3,(H,71,74)/b14-12-,24-22-,30-28-. The van der Waals surface area contributed by atoms with Gasteiger partial charge in [0.15, 0.2) is 0 Å². The van der Waals surface area contributed by atoms with E-state index in [-0.39, 0.29) is 18.5 Å². The zero-order valence-electron chi connectivity index (χ0n) is 51.3. The number of unbranched alkanes of at least 4 members (excludes halogenated alkanes) is 47. The van der Waals surface area contributed by atoms with E-state index >= 15 is 0 Å². The fraction of sp³-hybridized carbons (Fsp3) is 0.886. The number of allylic oxidation sites excluding steroid dienone is 6. The number of amides is 1. The highest BCUT2D eigenvalue weighted by molar-refractivity contribution is 5.76. The lowest BCUT2D eigenvalue weighted by atomic mass is 10.0. The first-order valence-electron chi connectivity index (χ1n) is 34.2. The van der Waals surface area contributed by atoms with Gasteiger partial charge in [0.2, 0.25) is 5.91 Å². The third kappa shape index (κ3) is 61.3. The number of esters is 1. The molecule has 0 heterocycles. The van der Waals surface area contributed by atoms with E-state index in [1.165, 1.54) is 289 Å². The molecule has 0 aromatic heterocycles. The van der Waals surface area contributed by atoms with Crippen LogP contribution in [0, 0.1) is 0 Å². The molecule has 0 aliphatic carbocycles. The zero-order valence-corrected chi connectivity index (χ0v) is 51.3. The van der Waals surface area contributed by atoms with Gasteiger partial charge in [0.25, 0.3) is 0 Å². The van der Waals surface area contributed by atoms with Crippen LogP contribution in [0.15, 0.2) is 36.5 Å². The van der Waals surface area contributed by atoms with Gasteiger partial charge in [-0.3, -0.25) is 9.59 Å². The molecule has 0 saturated heterocycles. The molecule has 0 rings (SSSR count). The lowest BCUT2D eigenvalue weighted by Gasteiger charge is -2.22. The molecule has 0 spiro atoms. The molecule has 0 aromatic carbocycles. The Bertz CT molecular complexity index is 1230. The average molecular weight is 1070 g/mol. The Hall–Kier alpha value is -1.92. The molecule has 0 saturated carbocycles. The summed E-state index contributed by atoms with van der Waals surface area (Å²) >= 11 is 0. The summed E-state index contributed by atoms with van der Waals surface area (Å²) in [7, 11) is 0. The van der Waals surface area contributed by atoms with Crippen molar-refractivity contribution in [1.29, 1.82) is 0 Å². The Kier molecular flexibility index (Phi) is 63.9. The van der Waals surface area contributed by atoms with Crippen LogP contribution in [0.1, 0.15) is 373 Å². The number of aliphatic hydroxyl groups is 2. The van der Waals surface area contributed by atoms with Crippen molar-refractivity contribution < 1.29 is 24.5 Å². The molecule has 76 heavy (non-hydrogen) atoms. The van der Waals surface area contributed by atoms with Crippen LogP contribution in [-0.2, 0) is 14.3 Å². The number of rotatable bonds is 64. The number of carbonyl (C=O) groups is 2. The van der Waals surface area contributed by atoms with Crippen LogP contribution in [0.4, 0.5) is 0 Å². The predicted molar refractivity (Wildman–Crippen MR) is 333 cm³/mol. The van der Waals surface area contributed by atoms with Crippen LogP contribution >= 0.6 is 0 Å². The molecular formula is C70H133NO5. The summed E-state index contributed by atoms with van der Waals surface area (Å²) in [6.07, 6.45) is 83.3. The second kappa shape index (κ2) is 65.6. The number of carbonyl (C=O) groups excluding carboxylic acids is 2. The van der Waals surface area contributed by atoms with Gasteiger partial charge in [0.1, 0.15) is 0 Å². The summed E-state index contributed by atoms with van der Waals surface area (Å²) in [6, 6.07) is -0.539. The molecule has 2 atom stereocenters. The Morgan fingerprint density at radius 2 is 0.658 bits per heavy atom. The molecule has 0 bridgehead atoms. The maximum absolute atomic E-state index is 12.5. The molecule has 448 valence electrons. The van der Waals surface area contributed by atoms with Crippen molar-refractivity contribution in [3.05, 3.63) is 36.5 Å². The van der Waals surface area contributed by atoms with Gasteiger partial charge in [-0.25, -0.2) is 0 Å². The normalized spacial score (nSPS) is 12.7. The summed E-state index contributed by atoms with van der Waals surface area (Å²) in [5, 5.41) is 23.3. The summed E-state index contributed by atoms with van der Waals surface area (Å²) in [6.45, 7) is 4.94. The van der Waals surface area contributed by atoms with Crippen LogP contribution < -0.4 is 5.32 Å². The van der Waals surface area contributed by atoms with Gasteiger partial charge >= 0.3 is 5.97 Å². The van der Waals surface area contributed by atoms with Gasteiger partial charge in [0, 0.05) is 12.8 Å². The largest absolute Gasteiger partial charge is 0.466 e. The molecule has 0 fully saturated rings. The first-order chi connectivity index (χ1) is 37.5. The second-order valence-electron chi connectivity index (χ2n) is 23.5. The molecule has 3 N–H and O–H groups in total. The van der Waals surface area contributed by atoms with Crippen molar-refractivity contribution in [1.82, 2.24) is 5.32 Å². The number of hydrogen-bond acceptors (Lipinski definition) is 5. The molecule has 0 aliphatic heterocycles. The smallest absolute Gasteiger partial charge is 0.305 e. The van der Waals surface area contributed by atoms with Crippen molar-refractivity contribution in [2.75, 3.05) is 13.2 Å². The van der Waals surface area contributed by atoms with E-state index in [9.17, 15) is 19.8 Å². The van der Waals surface area contributed by atoms with E-state index in [0.29, 0.717) is 25.9 Å². The number of hydrogen-bond donors (Lipinski definition) is 3. The minimum absolute atomic E-state index is 0.00418. The molecule has 1 amide bonds. The number of ether oxygens (including phenoxy) is 1. The molecule has 6 heteroatoms. The number of nitrogens with one attached hydrogen (secondary N) is 1. The van der Waals surface area contributed by atoms with Crippen LogP contribution in [-0.4, -0.2) is 47.4 Å². The van der Waals surface area contributed by atoms with Crippen LogP contribution in [0.5, 0.6) is 0 Å². The summed E-state index contributed by atoms with van der Waals surface area (Å²) in [5.41, 5.74) is 0. The Labute approximate surface area is 474 Å². The van der Waals surface area contributed by atoms with E-state index < -0.39 is 12.1 Å². The first kappa shape index (κ1) is 74.1. The van der Waals surface area contributed by atoms with E-state index in [1.54, 1.807) is 0 Å².